The van der Waals surface area contributed by atoms with Crippen molar-refractivity contribution in [2.24, 2.45) is 0 Å². The topological polar surface area (TPSA) is 101 Å². The number of sulfonamides is 1. The first-order valence-electron chi connectivity index (χ1n) is 6.68. The van der Waals surface area contributed by atoms with Gasteiger partial charge in [0.25, 0.3) is 0 Å². The van der Waals surface area contributed by atoms with E-state index in [9.17, 15) is 13.5 Å². The van der Waals surface area contributed by atoms with Crippen LogP contribution in [0.4, 0.5) is 0 Å². The van der Waals surface area contributed by atoms with Crippen LogP contribution in [0.2, 0.25) is 0 Å². The van der Waals surface area contributed by atoms with E-state index < -0.39 is 16.1 Å². The largest absolute Gasteiger partial charge is 0.389 e. The van der Waals surface area contributed by atoms with Gasteiger partial charge in [0.1, 0.15) is 0 Å². The van der Waals surface area contributed by atoms with Gasteiger partial charge in [0.15, 0.2) is 0 Å². The van der Waals surface area contributed by atoms with Gasteiger partial charge in [-0.05, 0) is 6.92 Å². The van der Waals surface area contributed by atoms with Gasteiger partial charge in [-0.25, -0.2) is 18.1 Å². The highest BCUT2D eigenvalue weighted by Gasteiger charge is 2.06. The van der Waals surface area contributed by atoms with Crippen molar-refractivity contribution in [1.29, 1.82) is 0 Å². The first-order valence-corrected chi connectivity index (χ1v) is 9.45. The van der Waals surface area contributed by atoms with Crippen LogP contribution in [0.1, 0.15) is 10.6 Å². The van der Waals surface area contributed by atoms with Crippen molar-refractivity contribution in [3.05, 3.63) is 16.1 Å². The van der Waals surface area contributed by atoms with Crippen LogP contribution in [0.25, 0.3) is 0 Å². The van der Waals surface area contributed by atoms with Gasteiger partial charge < -0.3 is 15.2 Å². The van der Waals surface area contributed by atoms with Crippen LogP contribution in [-0.4, -0.2) is 63.7 Å². The van der Waals surface area contributed by atoms with Crippen molar-refractivity contribution in [2.45, 2.75) is 19.4 Å². The highest BCUT2D eigenvalue weighted by atomic mass is 32.2. The number of aryl methyl sites for hydroxylation is 1. The van der Waals surface area contributed by atoms with Crippen molar-refractivity contribution in [3.63, 3.8) is 0 Å². The number of aliphatic hydroxyl groups excluding tert-OH is 1. The fraction of sp³-hybridized carbons (Fsp3) is 0.750. The van der Waals surface area contributed by atoms with E-state index in [2.05, 4.69) is 15.0 Å². The molecule has 0 amide bonds. The molecule has 0 aliphatic heterocycles. The maximum Gasteiger partial charge on any atom is 0.208 e. The number of rotatable bonds is 11. The number of hydrogen-bond donors (Lipinski definition) is 3. The van der Waals surface area contributed by atoms with Crippen LogP contribution in [0.3, 0.4) is 0 Å². The van der Waals surface area contributed by atoms with Crippen LogP contribution in [0, 0.1) is 6.92 Å². The average molecular weight is 337 g/mol. The lowest BCUT2D eigenvalue weighted by Crippen LogP contribution is -2.36. The fourth-order valence-corrected chi connectivity index (χ4v) is 2.84. The molecule has 0 aromatic carbocycles. The Morgan fingerprint density at radius 3 is 2.86 bits per heavy atom. The lowest BCUT2D eigenvalue weighted by molar-refractivity contribution is 0.0387. The zero-order chi connectivity index (χ0) is 15.7. The number of ether oxygens (including phenoxy) is 1. The molecule has 0 aliphatic rings. The van der Waals surface area contributed by atoms with Gasteiger partial charge in [-0.1, -0.05) is 0 Å². The Morgan fingerprint density at radius 2 is 2.24 bits per heavy atom. The summed E-state index contributed by atoms with van der Waals surface area (Å²) in [6.07, 6.45) is 1.31. The molecule has 1 aromatic heterocycles. The van der Waals surface area contributed by atoms with Gasteiger partial charge in [0.05, 0.1) is 36.8 Å². The second-order valence-electron chi connectivity index (χ2n) is 4.71. The molecule has 122 valence electrons. The second kappa shape index (κ2) is 9.44. The Morgan fingerprint density at radius 1 is 1.48 bits per heavy atom. The summed E-state index contributed by atoms with van der Waals surface area (Å²) in [5, 5.41) is 12.6. The average Bonchev–Trinajstić information content (AvgIpc) is 2.78. The van der Waals surface area contributed by atoms with E-state index in [1.54, 1.807) is 11.3 Å². The quantitative estimate of drug-likeness (QED) is 0.471. The predicted octanol–water partition coefficient (Wildman–Crippen LogP) is -0.490. The van der Waals surface area contributed by atoms with E-state index in [0.717, 1.165) is 18.4 Å². The lowest BCUT2D eigenvalue weighted by atomic mass is 10.3. The third-order valence-corrected chi connectivity index (χ3v) is 4.40. The van der Waals surface area contributed by atoms with Gasteiger partial charge in [-0.3, -0.25) is 0 Å². The van der Waals surface area contributed by atoms with Gasteiger partial charge in [-0.15, -0.1) is 11.3 Å². The number of nitrogens with zero attached hydrogens (tertiary/aromatic N) is 1. The highest BCUT2D eigenvalue weighted by Crippen LogP contribution is 2.12. The molecule has 0 saturated carbocycles. The standard InChI is InChI=1S/C12H23N3O4S2/c1-10-12(20-9-14-10)3-6-19-8-11(16)7-13-4-5-15-21(2,17)18/h9,11,13,15-16H,3-8H2,1-2H3. The predicted molar refractivity (Wildman–Crippen MR) is 83.1 cm³/mol. The zero-order valence-electron chi connectivity index (χ0n) is 12.3. The molecule has 9 heteroatoms. The molecule has 1 unspecified atom stereocenters. The summed E-state index contributed by atoms with van der Waals surface area (Å²) in [5.41, 5.74) is 2.85. The Kier molecular flexibility index (Phi) is 8.30. The van der Waals surface area contributed by atoms with Gasteiger partial charge >= 0.3 is 0 Å². The van der Waals surface area contributed by atoms with Crippen molar-refractivity contribution in [1.82, 2.24) is 15.0 Å². The monoisotopic (exact) mass is 337 g/mol. The van der Waals surface area contributed by atoms with E-state index in [4.69, 9.17) is 4.74 Å². The van der Waals surface area contributed by atoms with Gasteiger partial charge in [0, 0.05) is 30.9 Å². The van der Waals surface area contributed by atoms with Gasteiger partial charge in [-0.2, -0.15) is 0 Å². The van der Waals surface area contributed by atoms with Crippen LogP contribution >= 0.6 is 11.3 Å². The zero-order valence-corrected chi connectivity index (χ0v) is 14.0. The summed E-state index contributed by atoms with van der Waals surface area (Å²) in [6.45, 7) is 3.90. The summed E-state index contributed by atoms with van der Waals surface area (Å²) in [4.78, 5) is 5.36. The summed E-state index contributed by atoms with van der Waals surface area (Å²) in [6, 6.07) is 0. The van der Waals surface area contributed by atoms with Crippen LogP contribution in [0.5, 0.6) is 0 Å². The normalized spacial score (nSPS) is 13.5. The molecule has 1 atom stereocenters. The molecule has 1 heterocycles. The maximum absolute atomic E-state index is 10.8. The minimum absolute atomic E-state index is 0.254. The molecule has 0 saturated heterocycles. The first kappa shape index (κ1) is 18.5. The number of hydrogen-bond acceptors (Lipinski definition) is 7. The van der Waals surface area contributed by atoms with Crippen molar-refractivity contribution >= 4 is 21.4 Å². The van der Waals surface area contributed by atoms with E-state index in [0.29, 0.717) is 26.2 Å². The van der Waals surface area contributed by atoms with E-state index in [-0.39, 0.29) is 6.61 Å². The van der Waals surface area contributed by atoms with Crippen molar-refractivity contribution in [2.75, 3.05) is 39.1 Å². The smallest absolute Gasteiger partial charge is 0.208 e. The number of aromatic nitrogens is 1. The van der Waals surface area contributed by atoms with E-state index in [1.807, 2.05) is 12.4 Å². The molecule has 0 aliphatic carbocycles. The van der Waals surface area contributed by atoms with Crippen molar-refractivity contribution < 1.29 is 18.3 Å². The molecule has 21 heavy (non-hydrogen) atoms. The Hall–Kier alpha value is -0.580. The van der Waals surface area contributed by atoms with Crippen molar-refractivity contribution in [3.8, 4) is 0 Å². The maximum atomic E-state index is 10.8. The Labute approximate surface area is 129 Å². The molecule has 7 nitrogen and oxygen atoms in total. The minimum atomic E-state index is -3.15. The lowest BCUT2D eigenvalue weighted by Gasteiger charge is -2.12. The van der Waals surface area contributed by atoms with Crippen LogP contribution < -0.4 is 10.0 Å². The number of thiazole rings is 1. The number of aliphatic hydroxyl groups is 1. The molecule has 1 rings (SSSR count). The summed E-state index contributed by atoms with van der Waals surface area (Å²) in [5.74, 6) is 0. The summed E-state index contributed by atoms with van der Waals surface area (Å²) >= 11 is 1.61. The molecular formula is C12H23N3O4S2. The minimum Gasteiger partial charge on any atom is -0.389 e. The summed E-state index contributed by atoms with van der Waals surface area (Å²) < 4.78 is 29.4. The fourth-order valence-electron chi connectivity index (χ4n) is 1.60. The Bertz CT molecular complexity index is 504. The third kappa shape index (κ3) is 9.12. The van der Waals surface area contributed by atoms with E-state index in [1.165, 1.54) is 4.88 Å². The van der Waals surface area contributed by atoms with Crippen LogP contribution in [0.15, 0.2) is 5.51 Å². The molecule has 0 spiro atoms. The highest BCUT2D eigenvalue weighted by molar-refractivity contribution is 7.88. The molecule has 1 aromatic rings. The number of nitrogens with one attached hydrogen (secondary N) is 2. The van der Waals surface area contributed by atoms with Gasteiger partial charge in [0.2, 0.25) is 10.0 Å². The van der Waals surface area contributed by atoms with E-state index >= 15 is 0 Å². The van der Waals surface area contributed by atoms with Crippen LogP contribution in [-0.2, 0) is 21.2 Å². The molecule has 0 bridgehead atoms. The first-order chi connectivity index (χ1) is 9.88. The second-order valence-corrected chi connectivity index (χ2v) is 7.48. The molecule has 3 N–H and O–H groups in total. The summed E-state index contributed by atoms with van der Waals surface area (Å²) in [7, 11) is -3.15. The SMILES string of the molecule is Cc1ncsc1CCOCC(O)CNCCNS(C)(=O)=O. The Balaban J connectivity index is 1.99. The molecule has 0 radical (unpaired) electrons. The third-order valence-electron chi connectivity index (χ3n) is 2.67. The molecular weight excluding hydrogens is 314 g/mol. The molecule has 0 fully saturated rings.